The second kappa shape index (κ2) is 3.71. The molecule has 0 N–H and O–H groups in total. The highest BCUT2D eigenvalue weighted by atomic mass is 32.2. The molecule has 0 aromatic carbocycles. The average Bonchev–Trinajstić information content (AvgIpc) is 1.85. The van der Waals surface area contributed by atoms with E-state index in [9.17, 15) is 13.2 Å². The van der Waals surface area contributed by atoms with E-state index in [2.05, 4.69) is 17.2 Å². The van der Waals surface area contributed by atoms with E-state index in [1.54, 1.807) is 0 Å². The number of nitrogens with zero attached hydrogens (tertiary/aromatic N) is 1. The van der Waals surface area contributed by atoms with Gasteiger partial charge in [-0.2, -0.15) is 4.99 Å². The fraction of sp³-hybridized carbons (Fsp3) is 0.600. The van der Waals surface area contributed by atoms with Crippen LogP contribution in [-0.4, -0.2) is 31.0 Å². The van der Waals surface area contributed by atoms with Gasteiger partial charge in [-0.05, 0) is 19.1 Å². The Kier molecular flexibility index (Phi) is 3.51. The molecule has 0 heterocycles. The van der Waals surface area contributed by atoms with Crippen LogP contribution in [-0.2, 0) is 14.6 Å². The summed E-state index contributed by atoms with van der Waals surface area (Å²) < 4.78 is 21.4. The number of amides is 1. The lowest BCUT2D eigenvalue weighted by molar-refractivity contribution is -0.117. The Morgan fingerprint density at radius 2 is 2.09 bits per heavy atom. The van der Waals surface area contributed by atoms with Gasteiger partial charge >= 0.3 is 0 Å². The Morgan fingerprint density at radius 3 is 2.36 bits per heavy atom. The lowest BCUT2D eigenvalue weighted by Gasteiger charge is -2.00. The molecular formula is C5H7NO3S2. The molecule has 11 heavy (non-hydrogen) atoms. The van der Waals surface area contributed by atoms with Crippen LogP contribution in [0.5, 0.6) is 0 Å². The summed E-state index contributed by atoms with van der Waals surface area (Å²) in [5.74, 6) is -0.775. The molecule has 0 spiro atoms. The smallest absolute Gasteiger partial charge is 0.270 e. The van der Waals surface area contributed by atoms with Gasteiger partial charge in [0, 0.05) is 6.26 Å². The third-order valence-corrected chi connectivity index (χ3v) is 2.72. The minimum absolute atomic E-state index is 0.775. The number of hydrogen-bond donors (Lipinski definition) is 0. The molecule has 0 aromatic rings. The van der Waals surface area contributed by atoms with Gasteiger partial charge in [-0.25, -0.2) is 8.42 Å². The summed E-state index contributed by atoms with van der Waals surface area (Å²) in [6.45, 7) is 1.26. The van der Waals surface area contributed by atoms with Crippen molar-refractivity contribution in [1.29, 1.82) is 0 Å². The predicted molar refractivity (Wildman–Crippen MR) is 44.3 cm³/mol. The highest BCUT2D eigenvalue weighted by Crippen LogP contribution is 1.99. The van der Waals surface area contributed by atoms with Gasteiger partial charge in [0.2, 0.25) is 0 Å². The molecule has 0 saturated heterocycles. The van der Waals surface area contributed by atoms with E-state index in [-0.39, 0.29) is 0 Å². The molecule has 1 atom stereocenters. The largest absolute Gasteiger partial charge is 0.272 e. The normalized spacial score (nSPS) is 13.3. The van der Waals surface area contributed by atoms with Crippen LogP contribution in [0.25, 0.3) is 0 Å². The number of carbonyl (C=O) groups is 1. The topological polar surface area (TPSA) is 63.6 Å². The first kappa shape index (κ1) is 10.4. The maximum Gasteiger partial charge on any atom is 0.272 e. The van der Waals surface area contributed by atoms with Gasteiger partial charge in [0.05, 0.1) is 5.16 Å². The molecule has 0 aliphatic heterocycles. The van der Waals surface area contributed by atoms with Gasteiger partial charge in [-0.3, -0.25) is 4.79 Å². The number of sulfone groups is 1. The maximum atomic E-state index is 10.7. The van der Waals surface area contributed by atoms with E-state index < -0.39 is 21.0 Å². The van der Waals surface area contributed by atoms with Gasteiger partial charge < -0.3 is 0 Å². The van der Waals surface area contributed by atoms with E-state index in [0.717, 1.165) is 6.26 Å². The Bertz CT molecular complexity index is 300. The van der Waals surface area contributed by atoms with E-state index in [0.29, 0.717) is 0 Å². The van der Waals surface area contributed by atoms with Crippen molar-refractivity contribution in [2.75, 3.05) is 6.26 Å². The maximum absolute atomic E-state index is 10.7. The van der Waals surface area contributed by atoms with Crippen LogP contribution < -0.4 is 0 Å². The Morgan fingerprint density at radius 1 is 1.64 bits per heavy atom. The molecule has 0 saturated carbocycles. The number of rotatable bonds is 2. The second-order valence-electron chi connectivity index (χ2n) is 2.01. The third-order valence-electron chi connectivity index (χ3n) is 1.15. The minimum atomic E-state index is -3.35. The van der Waals surface area contributed by atoms with Crippen LogP contribution >= 0.6 is 12.2 Å². The molecule has 62 valence electrons. The fourth-order valence-corrected chi connectivity index (χ4v) is 0.828. The quantitative estimate of drug-likeness (QED) is 0.459. The van der Waals surface area contributed by atoms with Gasteiger partial charge in [-0.1, -0.05) is 0 Å². The van der Waals surface area contributed by atoms with Crippen molar-refractivity contribution in [2.45, 2.75) is 12.2 Å². The van der Waals surface area contributed by atoms with Crippen LogP contribution in [0, 0.1) is 0 Å². The molecule has 0 radical (unpaired) electrons. The first-order chi connectivity index (χ1) is 4.89. The Hall–Kier alpha value is -0.580. The molecule has 1 unspecified atom stereocenters. The zero-order chi connectivity index (χ0) is 9.07. The summed E-state index contributed by atoms with van der Waals surface area (Å²) in [6, 6.07) is 0. The van der Waals surface area contributed by atoms with Crippen LogP contribution in [0.15, 0.2) is 4.99 Å². The number of aliphatic imine (C=N–C) groups is 1. The van der Waals surface area contributed by atoms with Crippen molar-refractivity contribution in [3.8, 4) is 0 Å². The van der Waals surface area contributed by atoms with Gasteiger partial charge in [0.1, 0.15) is 5.25 Å². The van der Waals surface area contributed by atoms with Crippen LogP contribution in [0.3, 0.4) is 0 Å². The van der Waals surface area contributed by atoms with Gasteiger partial charge in [0.15, 0.2) is 9.84 Å². The zero-order valence-electron chi connectivity index (χ0n) is 6.07. The van der Waals surface area contributed by atoms with Crippen molar-refractivity contribution in [3.63, 3.8) is 0 Å². The number of thiocarbonyl (C=S) groups is 1. The molecular weight excluding hydrogens is 186 g/mol. The van der Waals surface area contributed by atoms with Crippen molar-refractivity contribution in [1.82, 2.24) is 0 Å². The molecule has 1 amide bonds. The third kappa shape index (κ3) is 3.36. The zero-order valence-corrected chi connectivity index (χ0v) is 7.70. The SMILES string of the molecule is CC(C(=O)N=C=S)S(C)(=O)=O. The monoisotopic (exact) mass is 193 g/mol. The van der Waals surface area contributed by atoms with Crippen molar-refractivity contribution in [3.05, 3.63) is 0 Å². The highest BCUT2D eigenvalue weighted by Gasteiger charge is 2.22. The van der Waals surface area contributed by atoms with E-state index in [1.807, 2.05) is 5.16 Å². The molecule has 4 nitrogen and oxygen atoms in total. The van der Waals surface area contributed by atoms with Crippen molar-refractivity contribution in [2.24, 2.45) is 4.99 Å². The average molecular weight is 193 g/mol. The van der Waals surface area contributed by atoms with Gasteiger partial charge in [-0.15, -0.1) is 0 Å². The van der Waals surface area contributed by atoms with Crippen LogP contribution in [0.2, 0.25) is 0 Å². The fourth-order valence-electron chi connectivity index (χ4n) is 0.319. The van der Waals surface area contributed by atoms with Crippen molar-refractivity contribution < 1.29 is 13.2 Å². The summed E-state index contributed by atoms with van der Waals surface area (Å²) in [4.78, 5) is 13.8. The molecule has 0 rings (SSSR count). The molecule has 0 bridgehead atoms. The summed E-state index contributed by atoms with van der Waals surface area (Å²) in [5, 5.41) is 0.688. The lowest BCUT2D eigenvalue weighted by atomic mass is 10.5. The summed E-state index contributed by atoms with van der Waals surface area (Å²) in [6.07, 6.45) is 0.967. The lowest BCUT2D eigenvalue weighted by Crippen LogP contribution is -2.24. The molecule has 6 heteroatoms. The van der Waals surface area contributed by atoms with Gasteiger partial charge in [0.25, 0.3) is 5.91 Å². The molecule has 0 aromatic heterocycles. The van der Waals surface area contributed by atoms with E-state index in [1.165, 1.54) is 6.92 Å². The second-order valence-corrected chi connectivity index (χ2v) is 4.56. The van der Waals surface area contributed by atoms with E-state index in [4.69, 9.17) is 0 Å². The van der Waals surface area contributed by atoms with E-state index >= 15 is 0 Å². The Balaban J connectivity index is 4.65. The van der Waals surface area contributed by atoms with Crippen LogP contribution in [0.1, 0.15) is 6.92 Å². The molecule has 0 fully saturated rings. The minimum Gasteiger partial charge on any atom is -0.270 e. The van der Waals surface area contributed by atoms with Crippen molar-refractivity contribution >= 4 is 33.1 Å². The summed E-state index contributed by atoms with van der Waals surface area (Å²) in [7, 11) is -3.35. The standard InChI is InChI=1S/C5H7NO3S2/c1-4(11(2,8)9)5(7)6-3-10/h4H,1-2H3. The summed E-state index contributed by atoms with van der Waals surface area (Å²) in [5.41, 5.74) is 0. The highest BCUT2D eigenvalue weighted by molar-refractivity contribution is 7.92. The predicted octanol–water partition coefficient (Wildman–Crippen LogP) is 0.0489. The molecule has 0 aliphatic carbocycles. The number of hydrogen-bond acceptors (Lipinski definition) is 4. The van der Waals surface area contributed by atoms with Crippen LogP contribution in [0.4, 0.5) is 0 Å². The molecule has 0 aliphatic rings. The number of isothiocyanates is 1. The first-order valence-corrected chi connectivity index (χ1v) is 5.06. The summed E-state index contributed by atoms with van der Waals surface area (Å²) >= 11 is 4.14. The number of carbonyl (C=O) groups excluding carboxylic acids is 1. The Labute approximate surface area is 70.2 Å². The first-order valence-electron chi connectivity index (χ1n) is 2.70.